The fraction of sp³-hybridized carbons (Fsp3) is 0.440. The van der Waals surface area contributed by atoms with Crippen molar-refractivity contribution in [3.63, 3.8) is 0 Å². The second kappa shape index (κ2) is 8.18. The van der Waals surface area contributed by atoms with Gasteiger partial charge in [-0.25, -0.2) is 4.98 Å². The zero-order valence-electron chi connectivity index (χ0n) is 18.9. The third-order valence-corrected chi connectivity index (χ3v) is 6.73. The average Bonchev–Trinajstić information content (AvgIpc) is 3.24. The molecular formula is C25H31BrN4. The molecule has 0 saturated carbocycles. The maximum Gasteiger partial charge on any atom is 0.165 e. The van der Waals surface area contributed by atoms with Crippen LogP contribution in [0.4, 0.5) is 0 Å². The molecule has 158 valence electrons. The van der Waals surface area contributed by atoms with E-state index in [2.05, 4.69) is 91.0 Å². The van der Waals surface area contributed by atoms with Crippen LogP contribution in [0, 0.1) is 27.7 Å². The highest BCUT2D eigenvalue weighted by Gasteiger charge is 2.23. The number of aryl methyl sites for hydroxylation is 4. The Balaban J connectivity index is 2.06. The van der Waals surface area contributed by atoms with Gasteiger partial charge in [-0.3, -0.25) is 0 Å². The number of hydrogen-bond donors (Lipinski definition) is 0. The van der Waals surface area contributed by atoms with E-state index in [9.17, 15) is 0 Å². The molecule has 0 amide bonds. The molecule has 0 aliphatic heterocycles. The number of nitrogens with zero attached hydrogens (tertiary/aromatic N) is 4. The molecule has 3 aromatic heterocycles. The lowest BCUT2D eigenvalue weighted by Crippen LogP contribution is -2.10. The van der Waals surface area contributed by atoms with Crippen LogP contribution in [0.2, 0.25) is 0 Å². The molecule has 4 rings (SSSR count). The van der Waals surface area contributed by atoms with Gasteiger partial charge in [0.05, 0.1) is 17.0 Å². The van der Waals surface area contributed by atoms with Crippen LogP contribution in [-0.2, 0) is 0 Å². The Morgan fingerprint density at radius 2 is 1.67 bits per heavy atom. The average molecular weight is 467 g/mol. The summed E-state index contributed by atoms with van der Waals surface area (Å²) in [5, 5.41) is 6.20. The summed E-state index contributed by atoms with van der Waals surface area (Å²) in [5.41, 5.74) is 8.99. The summed E-state index contributed by atoms with van der Waals surface area (Å²) in [6, 6.07) is 7.11. The second-order valence-electron chi connectivity index (χ2n) is 8.52. The molecule has 0 saturated heterocycles. The molecule has 0 radical (unpaired) electrons. The number of benzene rings is 1. The van der Waals surface area contributed by atoms with Crippen molar-refractivity contribution < 1.29 is 0 Å². The molecule has 0 spiro atoms. The fourth-order valence-electron chi connectivity index (χ4n) is 4.84. The van der Waals surface area contributed by atoms with E-state index in [0.29, 0.717) is 6.04 Å². The van der Waals surface area contributed by atoms with Crippen LogP contribution in [0.5, 0.6) is 0 Å². The van der Waals surface area contributed by atoms with Crippen molar-refractivity contribution in [2.45, 2.75) is 73.3 Å². The van der Waals surface area contributed by atoms with Crippen LogP contribution >= 0.6 is 15.9 Å². The molecular weight excluding hydrogens is 436 g/mol. The van der Waals surface area contributed by atoms with Gasteiger partial charge in [0, 0.05) is 27.7 Å². The van der Waals surface area contributed by atoms with Gasteiger partial charge in [-0.1, -0.05) is 48.7 Å². The van der Waals surface area contributed by atoms with Crippen LogP contribution in [0.15, 0.2) is 28.9 Å². The zero-order chi connectivity index (χ0) is 21.6. The molecule has 5 heteroatoms. The van der Waals surface area contributed by atoms with E-state index >= 15 is 0 Å². The minimum absolute atomic E-state index is 0.489. The molecule has 30 heavy (non-hydrogen) atoms. The van der Waals surface area contributed by atoms with Crippen molar-refractivity contribution in [1.29, 1.82) is 0 Å². The van der Waals surface area contributed by atoms with Gasteiger partial charge in [0.25, 0.3) is 0 Å². The molecule has 0 aliphatic carbocycles. The number of hydrogen-bond acceptors (Lipinski definition) is 2. The summed E-state index contributed by atoms with van der Waals surface area (Å²) in [6.45, 7) is 13.0. The molecule has 3 heterocycles. The van der Waals surface area contributed by atoms with Gasteiger partial charge in [0.2, 0.25) is 0 Å². The summed E-state index contributed by atoms with van der Waals surface area (Å²) in [6.07, 6.45) is 6.94. The fourth-order valence-corrected chi connectivity index (χ4v) is 5.71. The summed E-state index contributed by atoms with van der Waals surface area (Å²) in [5.74, 6) is 0. The van der Waals surface area contributed by atoms with Crippen LogP contribution in [0.1, 0.15) is 68.1 Å². The highest BCUT2D eigenvalue weighted by Crippen LogP contribution is 2.38. The Morgan fingerprint density at radius 1 is 0.967 bits per heavy atom. The summed E-state index contributed by atoms with van der Waals surface area (Å²) < 4.78 is 5.62. The molecule has 0 unspecified atom stereocenters. The third-order valence-electron chi connectivity index (χ3n) is 6.11. The maximum atomic E-state index is 5.04. The van der Waals surface area contributed by atoms with Crippen LogP contribution in [0.25, 0.3) is 27.8 Å². The second-order valence-corrected chi connectivity index (χ2v) is 9.38. The number of aromatic nitrogens is 4. The number of fused-ring (bicyclic) bond motifs is 3. The molecule has 0 atom stereocenters. The molecule has 4 nitrogen and oxygen atoms in total. The van der Waals surface area contributed by atoms with Gasteiger partial charge in [0.1, 0.15) is 5.65 Å². The lowest BCUT2D eigenvalue weighted by molar-refractivity contribution is 0.434. The van der Waals surface area contributed by atoms with Gasteiger partial charge < -0.3 is 4.57 Å². The first-order valence-electron chi connectivity index (χ1n) is 11.0. The van der Waals surface area contributed by atoms with Crippen molar-refractivity contribution in [2.24, 2.45) is 0 Å². The van der Waals surface area contributed by atoms with Gasteiger partial charge in [-0.05, 0) is 63.8 Å². The number of rotatable bonds is 6. The van der Waals surface area contributed by atoms with Gasteiger partial charge in [-0.2, -0.15) is 9.61 Å². The highest BCUT2D eigenvalue weighted by atomic mass is 79.9. The normalized spacial score (nSPS) is 12.0. The van der Waals surface area contributed by atoms with Crippen LogP contribution in [0.3, 0.4) is 0 Å². The van der Waals surface area contributed by atoms with Gasteiger partial charge in [0.15, 0.2) is 5.65 Å². The van der Waals surface area contributed by atoms with E-state index in [1.54, 1.807) is 0 Å². The largest absolute Gasteiger partial charge is 0.329 e. The Labute approximate surface area is 187 Å². The third kappa shape index (κ3) is 3.37. The Morgan fingerprint density at radius 3 is 2.30 bits per heavy atom. The predicted molar refractivity (Wildman–Crippen MR) is 129 cm³/mol. The van der Waals surface area contributed by atoms with Gasteiger partial charge >= 0.3 is 0 Å². The molecule has 1 aromatic carbocycles. The van der Waals surface area contributed by atoms with Crippen molar-refractivity contribution in [3.8, 4) is 11.1 Å². The highest BCUT2D eigenvalue weighted by molar-refractivity contribution is 9.10. The molecule has 0 fully saturated rings. The minimum Gasteiger partial charge on any atom is -0.329 e. The SMILES string of the molecule is CCCC(CCC)n1ccc2c(C)nc3c(-c4c(C)cc(C)cc4Br)c(C)nn3c21. The van der Waals surface area contributed by atoms with E-state index < -0.39 is 0 Å². The van der Waals surface area contributed by atoms with Crippen molar-refractivity contribution in [1.82, 2.24) is 19.2 Å². The minimum atomic E-state index is 0.489. The van der Waals surface area contributed by atoms with Crippen LogP contribution < -0.4 is 0 Å². The van der Waals surface area contributed by atoms with Crippen molar-refractivity contribution in [2.75, 3.05) is 0 Å². The van der Waals surface area contributed by atoms with E-state index in [0.717, 1.165) is 27.1 Å². The molecule has 4 aromatic rings. The molecule has 0 bridgehead atoms. The number of halogens is 1. The predicted octanol–water partition coefficient (Wildman–Crippen LogP) is 7.49. The van der Waals surface area contributed by atoms with E-state index in [1.807, 2.05) is 0 Å². The smallest absolute Gasteiger partial charge is 0.165 e. The van der Waals surface area contributed by atoms with E-state index in [-0.39, 0.29) is 0 Å². The quantitative estimate of drug-likeness (QED) is 0.295. The summed E-state index contributed by atoms with van der Waals surface area (Å²) >= 11 is 3.81. The standard InChI is InChI=1S/C25H31BrN4/c1-7-9-19(10-8-2)29-12-11-20-17(5)27-24-23(18(6)28-30(24)25(20)29)22-16(4)13-15(3)14-21(22)26/h11-14,19H,7-10H2,1-6H3. The summed E-state index contributed by atoms with van der Waals surface area (Å²) in [7, 11) is 0. The first-order valence-corrected chi connectivity index (χ1v) is 11.8. The van der Waals surface area contributed by atoms with Crippen molar-refractivity contribution in [3.05, 3.63) is 51.4 Å². The zero-order valence-corrected chi connectivity index (χ0v) is 20.5. The molecule has 0 aliphatic rings. The first-order chi connectivity index (χ1) is 14.4. The first kappa shape index (κ1) is 21.1. The molecule has 0 N–H and O–H groups in total. The van der Waals surface area contributed by atoms with Crippen LogP contribution in [-0.4, -0.2) is 19.2 Å². The Bertz CT molecular complexity index is 1200. The van der Waals surface area contributed by atoms with Gasteiger partial charge in [-0.15, -0.1) is 0 Å². The topological polar surface area (TPSA) is 35.1 Å². The summed E-state index contributed by atoms with van der Waals surface area (Å²) in [4.78, 5) is 5.04. The maximum absolute atomic E-state index is 5.04. The lowest BCUT2D eigenvalue weighted by Gasteiger charge is -2.19. The van der Waals surface area contributed by atoms with E-state index in [1.165, 1.54) is 53.4 Å². The lowest BCUT2D eigenvalue weighted by atomic mass is 9.99. The van der Waals surface area contributed by atoms with E-state index in [4.69, 9.17) is 10.1 Å². The monoisotopic (exact) mass is 466 g/mol. The Hall–Kier alpha value is -2.14. The van der Waals surface area contributed by atoms with Crippen molar-refractivity contribution >= 4 is 32.6 Å². The Kier molecular flexibility index (Phi) is 5.75.